The Balaban J connectivity index is 1.14. The molecule has 3 aliphatic rings. The Kier molecular flexibility index (Phi) is 7.34. The summed E-state index contributed by atoms with van der Waals surface area (Å²) in [7, 11) is -3.44. The fourth-order valence-corrected chi connectivity index (χ4v) is 7.49. The van der Waals surface area contributed by atoms with Crippen molar-refractivity contribution in [1.82, 2.24) is 39.0 Å². The van der Waals surface area contributed by atoms with E-state index in [4.69, 9.17) is 39.0 Å². The Labute approximate surface area is 245 Å². The number of thiol groups is 1. The fourth-order valence-electron chi connectivity index (χ4n) is 5.13. The van der Waals surface area contributed by atoms with Crippen LogP contribution in [0.5, 0.6) is 0 Å². The van der Waals surface area contributed by atoms with Crippen molar-refractivity contribution in [3.05, 3.63) is 25.3 Å². The van der Waals surface area contributed by atoms with Gasteiger partial charge in [0.05, 0.1) is 25.9 Å². The molecule has 18 nitrogen and oxygen atoms in total. The Morgan fingerprint density at radius 1 is 0.860 bits per heavy atom. The SMILES string of the molecule is Nc1ncnc2c1ncn2[C@@H]1O[C@@H]2CO[P@@](=O)(S)O[C@H]3[C@@H](F)[C@H](n4cnc5c(N)ncnc54)O[C@@H]3CO[PH](=O)O[C@H]2[C@H]1F. The van der Waals surface area contributed by atoms with E-state index >= 15 is 8.78 Å². The number of halogens is 2. The maximum Gasteiger partial charge on any atom is 0.386 e. The number of nitrogen functional groups attached to an aromatic ring is 2. The van der Waals surface area contributed by atoms with Gasteiger partial charge in [-0.25, -0.2) is 43.2 Å². The molecule has 0 radical (unpaired) electrons. The lowest BCUT2D eigenvalue weighted by atomic mass is 10.1. The molecule has 3 aliphatic heterocycles. The highest BCUT2D eigenvalue weighted by atomic mass is 32.7. The van der Waals surface area contributed by atoms with Gasteiger partial charge in [-0.3, -0.25) is 22.7 Å². The molecule has 0 aromatic carbocycles. The molecule has 10 atom stereocenters. The predicted molar refractivity (Wildman–Crippen MR) is 144 cm³/mol. The van der Waals surface area contributed by atoms with E-state index in [9.17, 15) is 9.13 Å². The topological polar surface area (TPSA) is 229 Å². The average Bonchev–Trinajstić information content (AvgIpc) is 3.73. The molecule has 4 aromatic heterocycles. The van der Waals surface area contributed by atoms with Crippen molar-refractivity contribution >= 4 is 61.3 Å². The van der Waals surface area contributed by atoms with Crippen LogP contribution in [0, 0.1) is 0 Å². The molecule has 43 heavy (non-hydrogen) atoms. The molecule has 0 bridgehead atoms. The number of aromatic nitrogens is 8. The van der Waals surface area contributed by atoms with E-state index in [2.05, 4.69) is 42.2 Å². The van der Waals surface area contributed by atoms with Gasteiger partial charge in [-0.05, 0) is 0 Å². The molecule has 3 saturated heterocycles. The lowest BCUT2D eigenvalue weighted by Gasteiger charge is -2.26. The lowest BCUT2D eigenvalue weighted by Crippen LogP contribution is -2.36. The number of alkyl halides is 2. The van der Waals surface area contributed by atoms with Gasteiger partial charge in [-0.2, -0.15) is 0 Å². The van der Waals surface area contributed by atoms with Gasteiger partial charge in [0.2, 0.25) is 0 Å². The Bertz CT molecular complexity index is 1770. The van der Waals surface area contributed by atoms with Crippen molar-refractivity contribution in [2.24, 2.45) is 0 Å². The number of ether oxygens (including phenoxy) is 2. The van der Waals surface area contributed by atoms with Crippen LogP contribution < -0.4 is 11.5 Å². The zero-order chi connectivity index (χ0) is 30.0. The maximum absolute atomic E-state index is 15.9. The van der Waals surface area contributed by atoms with Crippen LogP contribution in [0.15, 0.2) is 25.3 Å². The fraction of sp³-hybridized carbons (Fsp3) is 0.500. The smallest absolute Gasteiger partial charge is 0.382 e. The van der Waals surface area contributed by atoms with E-state index in [0.29, 0.717) is 0 Å². The zero-order valence-electron chi connectivity index (χ0n) is 21.5. The van der Waals surface area contributed by atoms with Crippen molar-refractivity contribution in [2.75, 3.05) is 24.7 Å². The number of imidazole rings is 2. The van der Waals surface area contributed by atoms with Crippen LogP contribution in [0.4, 0.5) is 20.4 Å². The largest absolute Gasteiger partial charge is 0.386 e. The Morgan fingerprint density at radius 2 is 1.40 bits per heavy atom. The summed E-state index contributed by atoms with van der Waals surface area (Å²) >= 11 is 3.99. The first-order valence-corrected chi connectivity index (χ1v) is 16.5. The molecular weight excluding hydrogens is 640 g/mol. The third-order valence-corrected chi connectivity index (χ3v) is 9.59. The first kappa shape index (κ1) is 28.9. The molecule has 7 rings (SSSR count). The van der Waals surface area contributed by atoms with Gasteiger partial charge in [-0.1, -0.05) is 12.2 Å². The standard InChI is InChI=1S/C20H22F2N10O8P2S/c21-9-13-8(38-19(9)31-5-29-11-15(23)25-3-27-17(11)31)2-36-42(34,43)40-14-7(1-35-41(33)39-13)37-20(10(14)22)32-6-30-12-16(24)26-4-28-18(12)32/h3-10,13-14,19-20,41H,1-2H2,(H,34,43)(H2,23,25,27)(H2,24,26,28)/t7-,8-,9-,10-,13-,14-,19-,20-,42-/m1/s1. The van der Waals surface area contributed by atoms with Crippen molar-refractivity contribution in [2.45, 2.75) is 49.2 Å². The Hall–Kier alpha value is -2.87. The zero-order valence-corrected chi connectivity index (χ0v) is 24.3. The minimum absolute atomic E-state index is 0.0621. The van der Waals surface area contributed by atoms with Crippen molar-refractivity contribution in [3.63, 3.8) is 0 Å². The molecule has 4 aromatic rings. The number of anilines is 2. The van der Waals surface area contributed by atoms with Gasteiger partial charge < -0.3 is 30.0 Å². The number of rotatable bonds is 2. The highest BCUT2D eigenvalue weighted by molar-refractivity contribution is 8.44. The van der Waals surface area contributed by atoms with E-state index in [1.807, 2.05) is 0 Å². The minimum Gasteiger partial charge on any atom is -0.382 e. The van der Waals surface area contributed by atoms with E-state index in [1.165, 1.54) is 34.4 Å². The van der Waals surface area contributed by atoms with Gasteiger partial charge in [0.15, 0.2) is 47.7 Å². The number of hydrogen-bond donors (Lipinski definition) is 3. The van der Waals surface area contributed by atoms with E-state index in [1.54, 1.807) is 0 Å². The van der Waals surface area contributed by atoms with Crippen molar-refractivity contribution < 1.29 is 45.5 Å². The van der Waals surface area contributed by atoms with Crippen LogP contribution >= 0.6 is 27.3 Å². The molecule has 23 heteroatoms. The molecule has 0 aliphatic carbocycles. The van der Waals surface area contributed by atoms with E-state index in [0.717, 1.165) is 0 Å². The average molecular weight is 662 g/mol. The monoisotopic (exact) mass is 662 g/mol. The second-order valence-corrected chi connectivity index (χ2v) is 13.6. The maximum atomic E-state index is 15.9. The van der Waals surface area contributed by atoms with Crippen LogP contribution in [0.2, 0.25) is 0 Å². The van der Waals surface area contributed by atoms with Crippen LogP contribution in [0.25, 0.3) is 22.3 Å². The van der Waals surface area contributed by atoms with E-state index in [-0.39, 0.29) is 34.0 Å². The summed E-state index contributed by atoms with van der Waals surface area (Å²) in [6, 6.07) is 0. The molecule has 0 spiro atoms. The second-order valence-electron chi connectivity index (χ2n) is 9.66. The normalized spacial score (nSPS) is 37.1. The number of hydrogen-bond acceptors (Lipinski definition) is 16. The summed E-state index contributed by atoms with van der Waals surface area (Å²) in [5.74, 6) is 0.127. The van der Waals surface area contributed by atoms with Crippen LogP contribution in [-0.4, -0.2) is 89.0 Å². The highest BCUT2D eigenvalue weighted by Gasteiger charge is 2.53. The lowest BCUT2D eigenvalue weighted by molar-refractivity contribution is -0.0539. The van der Waals surface area contributed by atoms with Crippen molar-refractivity contribution in [1.29, 1.82) is 0 Å². The number of nitrogens with zero attached hydrogens (tertiary/aromatic N) is 8. The summed E-state index contributed by atoms with van der Waals surface area (Å²) in [5.41, 5.74) is 12.4. The highest BCUT2D eigenvalue weighted by Crippen LogP contribution is 2.57. The molecule has 3 fully saturated rings. The first-order chi connectivity index (χ1) is 20.6. The van der Waals surface area contributed by atoms with Gasteiger partial charge >= 0.3 is 15.1 Å². The summed E-state index contributed by atoms with van der Waals surface area (Å²) in [6.07, 6.45) is -7.59. The molecule has 0 saturated carbocycles. The number of fused-ring (bicyclic) bond motifs is 4. The van der Waals surface area contributed by atoms with E-state index < -0.39 is 77.5 Å². The summed E-state index contributed by atoms with van der Waals surface area (Å²) in [6.45, 7) is -5.52. The summed E-state index contributed by atoms with van der Waals surface area (Å²) in [4.78, 5) is 24.0. The third-order valence-electron chi connectivity index (χ3n) is 7.11. The molecule has 1 unspecified atom stereocenters. The van der Waals surface area contributed by atoms with Gasteiger partial charge in [0, 0.05) is 0 Å². The second kappa shape index (κ2) is 10.9. The molecule has 4 N–H and O–H groups in total. The first-order valence-electron chi connectivity index (χ1n) is 12.6. The summed E-state index contributed by atoms with van der Waals surface area (Å²) in [5, 5.41) is 0. The number of nitrogens with two attached hydrogens (primary N) is 2. The van der Waals surface area contributed by atoms with Crippen LogP contribution in [-0.2, 0) is 36.7 Å². The minimum atomic E-state index is -4.35. The van der Waals surface area contributed by atoms with Gasteiger partial charge in [0.25, 0.3) is 0 Å². The molecule has 0 amide bonds. The molecule has 7 heterocycles. The van der Waals surface area contributed by atoms with Crippen molar-refractivity contribution in [3.8, 4) is 0 Å². The molecular formula is C20H22F2N10O8P2S. The van der Waals surface area contributed by atoms with Gasteiger partial charge in [-0.15, -0.1) is 0 Å². The van der Waals surface area contributed by atoms with Gasteiger partial charge in [0.1, 0.15) is 48.1 Å². The van der Waals surface area contributed by atoms with Crippen LogP contribution in [0.1, 0.15) is 12.5 Å². The third kappa shape index (κ3) is 5.07. The quantitative estimate of drug-likeness (QED) is 0.204. The van der Waals surface area contributed by atoms with Crippen LogP contribution in [0.3, 0.4) is 0 Å². The molecule has 230 valence electrons. The predicted octanol–water partition coefficient (Wildman–Crippen LogP) is 1.55. The summed E-state index contributed by atoms with van der Waals surface area (Å²) < 4.78 is 93.6. The Morgan fingerprint density at radius 3 is 1.98 bits per heavy atom.